The molecule has 5 nitrogen and oxygen atoms in total. The summed E-state index contributed by atoms with van der Waals surface area (Å²) in [6.45, 7) is 0.575. The molecule has 2 aromatic carbocycles. The number of furan rings is 1. The number of thioether (sulfide) groups is 1. The third kappa shape index (κ3) is 4.78. The van der Waals surface area contributed by atoms with Crippen molar-refractivity contribution in [3.63, 3.8) is 0 Å². The number of benzene rings is 2. The fraction of sp³-hybridized carbons (Fsp3) is 0.130. The Balaban J connectivity index is 1.55. The Bertz CT molecular complexity index is 1060. The standard InChI is InChI=1S/C23H21N3O2S/c1-27-20-13-11-19(12-14-20)22-24-25-23(26(22)17-21-10-5-15-28-21)29-16-6-9-18-7-3-2-4-8-18/h2-15H,16-17H2,1H3. The number of ether oxygens (including phenoxy) is 1. The van der Waals surface area contributed by atoms with Crippen LogP contribution >= 0.6 is 11.8 Å². The van der Waals surface area contributed by atoms with E-state index in [-0.39, 0.29) is 0 Å². The SMILES string of the molecule is COc1ccc(-c2nnc(SCC=Cc3ccccc3)n2Cc2ccco2)cc1. The molecular weight excluding hydrogens is 382 g/mol. The van der Waals surface area contributed by atoms with E-state index in [1.807, 2.05) is 54.6 Å². The van der Waals surface area contributed by atoms with Gasteiger partial charge in [0.2, 0.25) is 0 Å². The van der Waals surface area contributed by atoms with Gasteiger partial charge in [-0.2, -0.15) is 0 Å². The molecule has 2 aromatic heterocycles. The van der Waals surface area contributed by atoms with Gasteiger partial charge in [0.05, 0.1) is 19.9 Å². The van der Waals surface area contributed by atoms with Crippen LogP contribution in [0, 0.1) is 0 Å². The van der Waals surface area contributed by atoms with Crippen molar-refractivity contribution in [1.29, 1.82) is 0 Å². The summed E-state index contributed by atoms with van der Waals surface area (Å²) in [5.74, 6) is 3.28. The molecule has 4 rings (SSSR count). The third-order valence-corrected chi connectivity index (χ3v) is 5.30. The summed E-state index contributed by atoms with van der Waals surface area (Å²) >= 11 is 1.65. The average Bonchev–Trinajstić information content (AvgIpc) is 3.43. The molecule has 0 saturated heterocycles. The minimum atomic E-state index is 0.575. The first-order valence-corrected chi connectivity index (χ1v) is 10.3. The molecule has 0 aliphatic heterocycles. The van der Waals surface area contributed by atoms with E-state index in [9.17, 15) is 0 Å². The number of nitrogens with zero attached hydrogens (tertiary/aromatic N) is 3. The Morgan fingerprint density at radius 1 is 1.00 bits per heavy atom. The molecule has 0 aliphatic rings. The van der Waals surface area contributed by atoms with Gasteiger partial charge in [-0.15, -0.1) is 10.2 Å². The largest absolute Gasteiger partial charge is 0.497 e. The van der Waals surface area contributed by atoms with Gasteiger partial charge in [0.25, 0.3) is 0 Å². The maximum atomic E-state index is 5.55. The highest BCUT2D eigenvalue weighted by Gasteiger charge is 2.15. The summed E-state index contributed by atoms with van der Waals surface area (Å²) in [6.07, 6.45) is 5.94. The highest BCUT2D eigenvalue weighted by molar-refractivity contribution is 7.99. The highest BCUT2D eigenvalue weighted by atomic mass is 32.2. The van der Waals surface area contributed by atoms with Gasteiger partial charge >= 0.3 is 0 Å². The fourth-order valence-electron chi connectivity index (χ4n) is 2.92. The van der Waals surface area contributed by atoms with E-state index in [1.165, 1.54) is 5.56 Å². The summed E-state index contributed by atoms with van der Waals surface area (Å²) in [5.41, 5.74) is 2.17. The van der Waals surface area contributed by atoms with Gasteiger partial charge in [-0.25, -0.2) is 0 Å². The quantitative estimate of drug-likeness (QED) is 0.369. The third-order valence-electron chi connectivity index (χ3n) is 4.38. The van der Waals surface area contributed by atoms with Crippen LogP contribution in [-0.2, 0) is 6.54 Å². The van der Waals surface area contributed by atoms with Crippen LogP contribution in [0.1, 0.15) is 11.3 Å². The zero-order valence-corrected chi connectivity index (χ0v) is 16.9. The zero-order valence-electron chi connectivity index (χ0n) is 16.1. The smallest absolute Gasteiger partial charge is 0.192 e. The Morgan fingerprint density at radius 2 is 1.83 bits per heavy atom. The molecular formula is C23H21N3O2S. The van der Waals surface area contributed by atoms with Crippen molar-refractivity contribution in [2.45, 2.75) is 11.7 Å². The van der Waals surface area contributed by atoms with Crippen LogP contribution in [0.15, 0.2) is 88.6 Å². The molecule has 2 heterocycles. The number of hydrogen-bond donors (Lipinski definition) is 0. The monoisotopic (exact) mass is 403 g/mol. The predicted molar refractivity (Wildman–Crippen MR) is 116 cm³/mol. The predicted octanol–water partition coefficient (Wildman–Crippen LogP) is 5.40. The molecule has 0 aliphatic carbocycles. The van der Waals surface area contributed by atoms with Crippen LogP contribution in [0.4, 0.5) is 0 Å². The van der Waals surface area contributed by atoms with Gasteiger partial charge in [0.15, 0.2) is 11.0 Å². The van der Waals surface area contributed by atoms with E-state index in [0.29, 0.717) is 6.54 Å². The number of aromatic nitrogens is 3. The first kappa shape index (κ1) is 19.1. The van der Waals surface area contributed by atoms with Crippen molar-refractivity contribution in [2.75, 3.05) is 12.9 Å². The lowest BCUT2D eigenvalue weighted by molar-refractivity contribution is 0.415. The zero-order chi connectivity index (χ0) is 19.9. The molecule has 0 atom stereocenters. The van der Waals surface area contributed by atoms with Crippen molar-refractivity contribution in [3.05, 3.63) is 90.4 Å². The van der Waals surface area contributed by atoms with Crippen LogP contribution in [-0.4, -0.2) is 27.6 Å². The lowest BCUT2D eigenvalue weighted by Gasteiger charge is -2.09. The van der Waals surface area contributed by atoms with Crippen LogP contribution < -0.4 is 4.74 Å². The maximum absolute atomic E-state index is 5.55. The Labute approximate surface area is 174 Å². The van der Waals surface area contributed by atoms with Crippen molar-refractivity contribution in [3.8, 4) is 17.1 Å². The summed E-state index contributed by atoms with van der Waals surface area (Å²) in [5, 5.41) is 9.73. The molecule has 0 radical (unpaired) electrons. The minimum absolute atomic E-state index is 0.575. The van der Waals surface area contributed by atoms with E-state index in [0.717, 1.165) is 33.8 Å². The second-order valence-electron chi connectivity index (χ2n) is 6.32. The normalized spacial score (nSPS) is 11.2. The molecule has 146 valence electrons. The van der Waals surface area contributed by atoms with E-state index in [4.69, 9.17) is 9.15 Å². The van der Waals surface area contributed by atoms with Crippen molar-refractivity contribution in [1.82, 2.24) is 14.8 Å². The van der Waals surface area contributed by atoms with Crippen molar-refractivity contribution >= 4 is 17.8 Å². The minimum Gasteiger partial charge on any atom is -0.497 e. The van der Waals surface area contributed by atoms with Gasteiger partial charge in [-0.3, -0.25) is 4.57 Å². The first-order chi connectivity index (χ1) is 14.3. The van der Waals surface area contributed by atoms with Crippen LogP contribution in [0.2, 0.25) is 0 Å². The van der Waals surface area contributed by atoms with E-state index in [1.54, 1.807) is 25.1 Å². The lowest BCUT2D eigenvalue weighted by atomic mass is 10.2. The molecule has 4 aromatic rings. The molecule has 0 fully saturated rings. The first-order valence-electron chi connectivity index (χ1n) is 9.28. The molecule has 29 heavy (non-hydrogen) atoms. The van der Waals surface area contributed by atoms with Gasteiger partial charge in [-0.05, 0) is 42.0 Å². The van der Waals surface area contributed by atoms with Crippen molar-refractivity contribution < 1.29 is 9.15 Å². The second kappa shape index (κ2) is 9.30. The number of rotatable bonds is 8. The van der Waals surface area contributed by atoms with Gasteiger partial charge < -0.3 is 9.15 Å². The number of hydrogen-bond acceptors (Lipinski definition) is 5. The molecule has 0 unspecified atom stereocenters. The average molecular weight is 404 g/mol. The van der Waals surface area contributed by atoms with Crippen LogP contribution in [0.3, 0.4) is 0 Å². The van der Waals surface area contributed by atoms with Gasteiger partial charge in [0, 0.05) is 11.3 Å². The van der Waals surface area contributed by atoms with Crippen LogP contribution in [0.25, 0.3) is 17.5 Å². The molecule has 0 bridgehead atoms. The van der Waals surface area contributed by atoms with Gasteiger partial charge in [-0.1, -0.05) is 54.2 Å². The highest BCUT2D eigenvalue weighted by Crippen LogP contribution is 2.27. The molecule has 0 amide bonds. The fourth-order valence-corrected chi connectivity index (χ4v) is 3.67. The summed E-state index contributed by atoms with van der Waals surface area (Å²) < 4.78 is 12.9. The van der Waals surface area contributed by atoms with E-state index in [2.05, 4.69) is 39.0 Å². The topological polar surface area (TPSA) is 53.1 Å². The molecule has 6 heteroatoms. The van der Waals surface area contributed by atoms with Crippen LogP contribution in [0.5, 0.6) is 5.75 Å². The van der Waals surface area contributed by atoms with Crippen molar-refractivity contribution in [2.24, 2.45) is 0 Å². The summed E-state index contributed by atoms with van der Waals surface area (Å²) in [6, 6.07) is 21.9. The Morgan fingerprint density at radius 3 is 2.55 bits per heavy atom. The summed E-state index contributed by atoms with van der Waals surface area (Å²) in [4.78, 5) is 0. The maximum Gasteiger partial charge on any atom is 0.192 e. The van der Waals surface area contributed by atoms with E-state index >= 15 is 0 Å². The molecule has 0 N–H and O–H groups in total. The second-order valence-corrected chi connectivity index (χ2v) is 7.31. The van der Waals surface area contributed by atoms with Gasteiger partial charge in [0.1, 0.15) is 11.5 Å². The molecule has 0 saturated carbocycles. The molecule has 0 spiro atoms. The number of methoxy groups -OCH3 is 1. The Hall–Kier alpha value is -3.25. The van der Waals surface area contributed by atoms with E-state index < -0.39 is 0 Å². The summed E-state index contributed by atoms with van der Waals surface area (Å²) in [7, 11) is 1.66. The Kier molecular flexibility index (Phi) is 6.12. The lowest BCUT2D eigenvalue weighted by Crippen LogP contribution is -2.03.